The number of hydrogen-bond acceptors (Lipinski definition) is 6. The van der Waals surface area contributed by atoms with Gasteiger partial charge in [0.1, 0.15) is 11.5 Å². The van der Waals surface area contributed by atoms with E-state index in [1.54, 1.807) is 14.2 Å². The van der Waals surface area contributed by atoms with E-state index in [0.717, 1.165) is 43.1 Å². The van der Waals surface area contributed by atoms with E-state index in [-0.39, 0.29) is 5.92 Å². The highest BCUT2D eigenvalue weighted by molar-refractivity contribution is 5.56. The third-order valence-corrected chi connectivity index (χ3v) is 4.93. The van der Waals surface area contributed by atoms with Crippen molar-refractivity contribution in [2.45, 2.75) is 18.9 Å². The van der Waals surface area contributed by atoms with E-state index in [1.807, 2.05) is 36.4 Å². The largest absolute Gasteiger partial charge is 0.497 e. The van der Waals surface area contributed by atoms with Crippen LogP contribution < -0.4 is 9.47 Å². The number of likely N-dealkylation sites (tertiary alicyclic amines) is 1. The molecule has 2 aromatic carbocycles. The summed E-state index contributed by atoms with van der Waals surface area (Å²) < 4.78 is 16.1. The smallest absolute Gasteiger partial charge is 0.231 e. The van der Waals surface area contributed by atoms with Crippen LogP contribution in [0.15, 0.2) is 53.1 Å². The van der Waals surface area contributed by atoms with Crippen molar-refractivity contribution in [1.82, 2.24) is 15.0 Å². The molecule has 1 saturated heterocycles. The molecule has 0 spiro atoms. The molecular weight excluding hydrogens is 342 g/mol. The summed E-state index contributed by atoms with van der Waals surface area (Å²) in [7, 11) is 3.34. The van der Waals surface area contributed by atoms with Crippen molar-refractivity contribution >= 4 is 0 Å². The van der Waals surface area contributed by atoms with Crippen LogP contribution in [-0.2, 0) is 6.54 Å². The summed E-state index contributed by atoms with van der Waals surface area (Å²) in [6, 6.07) is 15.9. The fraction of sp³-hybridized carbons (Fsp3) is 0.333. The highest BCUT2D eigenvalue weighted by Gasteiger charge is 2.28. The number of ether oxygens (including phenoxy) is 2. The summed E-state index contributed by atoms with van der Waals surface area (Å²) in [5.41, 5.74) is 2.15. The van der Waals surface area contributed by atoms with E-state index < -0.39 is 0 Å². The molecule has 0 bridgehead atoms. The second kappa shape index (κ2) is 7.80. The lowest BCUT2D eigenvalue weighted by molar-refractivity contribution is 0.308. The molecule has 0 amide bonds. The Morgan fingerprint density at radius 1 is 1.07 bits per heavy atom. The van der Waals surface area contributed by atoms with Crippen LogP contribution in [0.2, 0.25) is 0 Å². The highest BCUT2D eigenvalue weighted by Crippen LogP contribution is 2.29. The predicted molar refractivity (Wildman–Crippen MR) is 102 cm³/mol. The van der Waals surface area contributed by atoms with Gasteiger partial charge in [0, 0.05) is 18.7 Å². The lowest BCUT2D eigenvalue weighted by Gasteiger charge is -2.15. The molecule has 1 aliphatic rings. The first-order valence-corrected chi connectivity index (χ1v) is 9.08. The zero-order chi connectivity index (χ0) is 18.6. The van der Waals surface area contributed by atoms with Crippen molar-refractivity contribution in [3.8, 4) is 22.9 Å². The Balaban J connectivity index is 1.42. The SMILES string of the molecule is COc1cccc(CN2CC[C@@H](c3nc(-c4cccc(OC)c4)no3)C2)c1. The maximum Gasteiger partial charge on any atom is 0.231 e. The number of rotatable bonds is 6. The molecule has 3 aromatic rings. The van der Waals surface area contributed by atoms with E-state index in [1.165, 1.54) is 5.56 Å². The molecule has 0 N–H and O–H groups in total. The van der Waals surface area contributed by atoms with E-state index >= 15 is 0 Å². The molecule has 1 aliphatic heterocycles. The molecule has 4 rings (SSSR count). The van der Waals surface area contributed by atoms with Gasteiger partial charge in [-0.05, 0) is 42.8 Å². The van der Waals surface area contributed by atoms with Crippen molar-refractivity contribution in [1.29, 1.82) is 0 Å². The highest BCUT2D eigenvalue weighted by atomic mass is 16.5. The van der Waals surface area contributed by atoms with Crippen LogP contribution in [-0.4, -0.2) is 42.3 Å². The Kier molecular flexibility index (Phi) is 5.07. The van der Waals surface area contributed by atoms with Crippen LogP contribution in [0, 0.1) is 0 Å². The molecule has 27 heavy (non-hydrogen) atoms. The van der Waals surface area contributed by atoms with E-state index in [4.69, 9.17) is 14.0 Å². The first-order chi connectivity index (χ1) is 13.2. The van der Waals surface area contributed by atoms with E-state index in [0.29, 0.717) is 11.7 Å². The molecule has 0 saturated carbocycles. The van der Waals surface area contributed by atoms with Gasteiger partial charge in [-0.1, -0.05) is 29.4 Å². The summed E-state index contributed by atoms with van der Waals surface area (Å²) in [5.74, 6) is 3.26. The van der Waals surface area contributed by atoms with Crippen molar-refractivity contribution in [3.05, 3.63) is 60.0 Å². The molecule has 140 valence electrons. The van der Waals surface area contributed by atoms with Crippen LogP contribution in [0.1, 0.15) is 23.8 Å². The van der Waals surface area contributed by atoms with Gasteiger partial charge in [-0.2, -0.15) is 4.98 Å². The summed E-state index contributed by atoms with van der Waals surface area (Å²) in [6.45, 7) is 2.82. The topological polar surface area (TPSA) is 60.6 Å². The fourth-order valence-electron chi connectivity index (χ4n) is 3.49. The molecule has 1 fully saturated rings. The average molecular weight is 365 g/mol. The van der Waals surface area contributed by atoms with Crippen LogP contribution in [0.25, 0.3) is 11.4 Å². The third-order valence-electron chi connectivity index (χ3n) is 4.93. The quantitative estimate of drug-likeness (QED) is 0.663. The molecule has 1 atom stereocenters. The molecule has 6 nitrogen and oxygen atoms in total. The van der Waals surface area contributed by atoms with Gasteiger partial charge in [-0.3, -0.25) is 4.90 Å². The summed E-state index contributed by atoms with van der Waals surface area (Å²) >= 11 is 0. The maximum absolute atomic E-state index is 5.56. The normalized spacial score (nSPS) is 17.2. The van der Waals surface area contributed by atoms with Gasteiger partial charge >= 0.3 is 0 Å². The molecular formula is C21H23N3O3. The Morgan fingerprint density at radius 3 is 2.67 bits per heavy atom. The van der Waals surface area contributed by atoms with Crippen molar-refractivity contribution < 1.29 is 14.0 Å². The maximum atomic E-state index is 5.56. The number of benzene rings is 2. The summed E-state index contributed by atoms with van der Waals surface area (Å²) in [5, 5.41) is 4.16. The van der Waals surface area contributed by atoms with Crippen LogP contribution >= 0.6 is 0 Å². The minimum absolute atomic E-state index is 0.266. The number of hydrogen-bond donors (Lipinski definition) is 0. The van der Waals surface area contributed by atoms with Crippen molar-refractivity contribution in [2.24, 2.45) is 0 Å². The summed E-state index contributed by atoms with van der Waals surface area (Å²) in [6.07, 6.45) is 1.02. The van der Waals surface area contributed by atoms with Gasteiger partial charge in [0.05, 0.1) is 20.1 Å². The van der Waals surface area contributed by atoms with Gasteiger partial charge in [0.25, 0.3) is 0 Å². The molecule has 0 radical (unpaired) electrons. The first-order valence-electron chi connectivity index (χ1n) is 9.08. The standard InChI is InChI=1S/C21H23N3O3/c1-25-18-7-3-5-15(11-18)13-24-10-9-17(14-24)21-22-20(23-27-21)16-6-4-8-19(12-16)26-2/h3-8,11-12,17H,9-10,13-14H2,1-2H3/t17-/m1/s1. The van der Waals surface area contributed by atoms with Crippen LogP contribution in [0.3, 0.4) is 0 Å². The summed E-state index contributed by atoms with van der Waals surface area (Å²) in [4.78, 5) is 7.04. The zero-order valence-electron chi connectivity index (χ0n) is 15.6. The van der Waals surface area contributed by atoms with Crippen molar-refractivity contribution in [3.63, 3.8) is 0 Å². The fourth-order valence-corrected chi connectivity index (χ4v) is 3.49. The lowest BCUT2D eigenvalue weighted by atomic mass is 10.1. The second-order valence-corrected chi connectivity index (χ2v) is 6.76. The van der Waals surface area contributed by atoms with Gasteiger partial charge in [0.2, 0.25) is 11.7 Å². The minimum atomic E-state index is 0.266. The third kappa shape index (κ3) is 3.95. The van der Waals surface area contributed by atoms with Crippen LogP contribution in [0.4, 0.5) is 0 Å². The predicted octanol–water partition coefficient (Wildman–Crippen LogP) is 3.74. The Hall–Kier alpha value is -2.86. The first kappa shape index (κ1) is 17.5. The Bertz CT molecular complexity index is 909. The van der Waals surface area contributed by atoms with E-state index in [2.05, 4.69) is 27.2 Å². The second-order valence-electron chi connectivity index (χ2n) is 6.76. The molecule has 1 aromatic heterocycles. The monoisotopic (exact) mass is 365 g/mol. The van der Waals surface area contributed by atoms with Gasteiger partial charge in [-0.25, -0.2) is 0 Å². The lowest BCUT2D eigenvalue weighted by Crippen LogP contribution is -2.19. The number of aromatic nitrogens is 2. The van der Waals surface area contributed by atoms with Crippen molar-refractivity contribution in [2.75, 3.05) is 27.3 Å². The van der Waals surface area contributed by atoms with Gasteiger partial charge < -0.3 is 14.0 Å². The van der Waals surface area contributed by atoms with Gasteiger partial charge in [-0.15, -0.1) is 0 Å². The molecule has 0 unspecified atom stereocenters. The Labute approximate surface area is 158 Å². The Morgan fingerprint density at radius 2 is 1.85 bits per heavy atom. The molecule has 0 aliphatic carbocycles. The van der Waals surface area contributed by atoms with Crippen LogP contribution in [0.5, 0.6) is 11.5 Å². The number of nitrogens with zero attached hydrogens (tertiary/aromatic N) is 3. The average Bonchev–Trinajstić information content (AvgIpc) is 3.38. The zero-order valence-corrected chi connectivity index (χ0v) is 15.6. The number of methoxy groups -OCH3 is 2. The van der Waals surface area contributed by atoms with Gasteiger partial charge in [0.15, 0.2) is 0 Å². The van der Waals surface area contributed by atoms with E-state index in [9.17, 15) is 0 Å². The molecule has 2 heterocycles. The molecule has 6 heteroatoms. The minimum Gasteiger partial charge on any atom is -0.497 e.